The molecule has 0 radical (unpaired) electrons. The topological polar surface area (TPSA) is 15.3 Å². The van der Waals surface area contributed by atoms with Gasteiger partial charge in [0, 0.05) is 11.6 Å². The highest BCUT2D eigenvalue weighted by Crippen LogP contribution is 2.68. The van der Waals surface area contributed by atoms with Gasteiger partial charge in [0.05, 0.1) is 0 Å². The Hall–Kier alpha value is -0.0800. The Bertz CT molecular complexity index is 436. The van der Waals surface area contributed by atoms with Crippen LogP contribution in [-0.2, 0) is 0 Å². The van der Waals surface area contributed by atoms with Gasteiger partial charge < -0.3 is 5.32 Å². The highest BCUT2D eigenvalue weighted by atomic mass is 15.2. The van der Waals surface area contributed by atoms with Crippen molar-refractivity contribution in [3.05, 3.63) is 0 Å². The maximum Gasteiger partial charge on any atom is 0.0216 e. The highest BCUT2D eigenvalue weighted by Gasteiger charge is 2.65. The molecular weight excluding hydrogens is 304 g/mol. The predicted molar refractivity (Wildman–Crippen MR) is 109 cm³/mol. The number of hydrogen-bond acceptors (Lipinski definition) is 2. The van der Waals surface area contributed by atoms with Crippen LogP contribution in [0.5, 0.6) is 0 Å². The van der Waals surface area contributed by atoms with Gasteiger partial charge >= 0.3 is 0 Å². The molecule has 3 aliphatic rings. The molecule has 0 spiro atoms. The van der Waals surface area contributed by atoms with Crippen molar-refractivity contribution in [1.82, 2.24) is 10.2 Å². The minimum atomic E-state index is 0.509. The number of nitrogens with zero attached hydrogens (tertiary/aromatic N) is 1. The van der Waals surface area contributed by atoms with Crippen molar-refractivity contribution in [3.63, 3.8) is 0 Å². The Morgan fingerprint density at radius 3 is 2.56 bits per heavy atom. The molecule has 3 rings (SSSR count). The first-order valence-electron chi connectivity index (χ1n) is 11.4. The molecule has 3 saturated carbocycles. The average Bonchev–Trinajstić information content (AvgIpc) is 3.42. The summed E-state index contributed by atoms with van der Waals surface area (Å²) in [5, 5.41) is 3.47. The lowest BCUT2D eigenvalue weighted by molar-refractivity contribution is 0.139. The van der Waals surface area contributed by atoms with Crippen molar-refractivity contribution in [2.24, 2.45) is 35.5 Å². The maximum absolute atomic E-state index is 3.47. The molecule has 0 aromatic rings. The first-order valence-corrected chi connectivity index (χ1v) is 11.4. The summed E-state index contributed by atoms with van der Waals surface area (Å²) in [7, 11) is 2.41. The molecule has 0 aromatic carbocycles. The quantitative estimate of drug-likeness (QED) is 0.489. The first-order chi connectivity index (χ1) is 11.9. The maximum atomic E-state index is 3.47. The fraction of sp³-hybridized carbons (Fsp3) is 1.00. The summed E-state index contributed by atoms with van der Waals surface area (Å²) in [6.45, 7) is 14.3. The van der Waals surface area contributed by atoms with E-state index in [1.54, 1.807) is 12.8 Å². The number of hydrogen-bond donors (Lipinski definition) is 1. The Morgan fingerprint density at radius 2 is 1.88 bits per heavy atom. The van der Waals surface area contributed by atoms with Crippen LogP contribution in [0.4, 0.5) is 0 Å². The van der Waals surface area contributed by atoms with Crippen molar-refractivity contribution in [3.8, 4) is 0 Å². The molecule has 2 heteroatoms. The molecule has 146 valence electrons. The van der Waals surface area contributed by atoms with Gasteiger partial charge in [-0.25, -0.2) is 0 Å². The van der Waals surface area contributed by atoms with Gasteiger partial charge in [0.25, 0.3) is 0 Å². The van der Waals surface area contributed by atoms with E-state index in [0.29, 0.717) is 5.54 Å². The van der Waals surface area contributed by atoms with E-state index in [-0.39, 0.29) is 0 Å². The molecule has 0 saturated heterocycles. The van der Waals surface area contributed by atoms with Crippen molar-refractivity contribution in [2.75, 3.05) is 20.1 Å². The van der Waals surface area contributed by atoms with Crippen LogP contribution < -0.4 is 5.32 Å². The summed E-state index contributed by atoms with van der Waals surface area (Å²) in [6, 6.07) is 0.720. The molecule has 2 nitrogen and oxygen atoms in total. The third-order valence-corrected chi connectivity index (χ3v) is 8.14. The molecule has 1 N–H and O–H groups in total. The van der Waals surface area contributed by atoms with E-state index in [2.05, 4.69) is 51.9 Å². The van der Waals surface area contributed by atoms with Crippen LogP contribution in [0.25, 0.3) is 0 Å². The fourth-order valence-corrected chi connectivity index (χ4v) is 5.98. The van der Waals surface area contributed by atoms with Crippen LogP contribution in [-0.4, -0.2) is 36.6 Å². The van der Waals surface area contributed by atoms with Crippen LogP contribution in [0.3, 0.4) is 0 Å². The van der Waals surface area contributed by atoms with E-state index in [9.17, 15) is 0 Å². The standard InChI is InChI=1S/C23H44N2/c1-7-9-18-13-19(18)20-14-21(20)22-15-23(22,5)25(6)17(4)12-16(3)10-11-24-8-2/h16-22,24H,7-15H2,1-6H3. The average molecular weight is 349 g/mol. The van der Waals surface area contributed by atoms with Crippen LogP contribution in [0.15, 0.2) is 0 Å². The van der Waals surface area contributed by atoms with Crippen LogP contribution in [0.1, 0.15) is 79.6 Å². The van der Waals surface area contributed by atoms with Gasteiger partial charge in [0.15, 0.2) is 0 Å². The molecule has 8 atom stereocenters. The fourth-order valence-electron chi connectivity index (χ4n) is 5.98. The van der Waals surface area contributed by atoms with Crippen molar-refractivity contribution in [1.29, 1.82) is 0 Å². The molecule has 3 aliphatic carbocycles. The summed E-state index contributed by atoms with van der Waals surface area (Å²) >= 11 is 0. The predicted octanol–water partition coefficient (Wildman–Crippen LogP) is 5.18. The van der Waals surface area contributed by atoms with Crippen molar-refractivity contribution in [2.45, 2.75) is 91.1 Å². The molecule has 0 aromatic heterocycles. The minimum Gasteiger partial charge on any atom is -0.317 e. The second-order valence-corrected chi connectivity index (χ2v) is 10.1. The summed E-state index contributed by atoms with van der Waals surface area (Å²) in [5.41, 5.74) is 0.509. The molecule has 25 heavy (non-hydrogen) atoms. The molecule has 0 heterocycles. The van der Waals surface area contributed by atoms with E-state index in [1.807, 2.05) is 0 Å². The second-order valence-electron chi connectivity index (χ2n) is 10.1. The monoisotopic (exact) mass is 348 g/mol. The Balaban J connectivity index is 1.40. The Labute approximate surface area is 157 Å². The van der Waals surface area contributed by atoms with Gasteiger partial charge in [-0.1, -0.05) is 33.6 Å². The normalized spacial score (nSPS) is 41.6. The zero-order valence-electron chi connectivity index (χ0n) is 17.9. The Kier molecular flexibility index (Phi) is 6.21. The number of nitrogens with one attached hydrogen (secondary N) is 1. The van der Waals surface area contributed by atoms with Gasteiger partial charge in [-0.15, -0.1) is 0 Å². The lowest BCUT2D eigenvalue weighted by Gasteiger charge is -2.34. The summed E-state index contributed by atoms with van der Waals surface area (Å²) < 4.78 is 0. The summed E-state index contributed by atoms with van der Waals surface area (Å²) in [5.74, 6) is 6.27. The minimum absolute atomic E-state index is 0.509. The van der Waals surface area contributed by atoms with Gasteiger partial charge in [0.1, 0.15) is 0 Å². The van der Waals surface area contributed by atoms with Crippen LogP contribution >= 0.6 is 0 Å². The highest BCUT2D eigenvalue weighted by molar-refractivity contribution is 5.17. The SMILES string of the molecule is CCCC1CC1C1CC1C1CC1(C)N(C)C(C)CC(C)CCNCC. The molecule has 0 amide bonds. The van der Waals surface area contributed by atoms with Crippen molar-refractivity contribution < 1.29 is 0 Å². The van der Waals surface area contributed by atoms with Gasteiger partial charge in [-0.05, 0) is 102 Å². The lowest BCUT2D eigenvalue weighted by Crippen LogP contribution is -2.41. The molecule has 3 fully saturated rings. The molecule has 0 aliphatic heterocycles. The second kappa shape index (κ2) is 7.89. The van der Waals surface area contributed by atoms with Crippen LogP contribution in [0, 0.1) is 35.5 Å². The van der Waals surface area contributed by atoms with E-state index in [0.717, 1.165) is 48.1 Å². The van der Waals surface area contributed by atoms with Crippen LogP contribution in [0.2, 0.25) is 0 Å². The molecule has 8 unspecified atom stereocenters. The van der Waals surface area contributed by atoms with Gasteiger partial charge in [-0.3, -0.25) is 4.90 Å². The zero-order valence-corrected chi connectivity index (χ0v) is 17.9. The Morgan fingerprint density at radius 1 is 1.12 bits per heavy atom. The molecular formula is C23H44N2. The largest absolute Gasteiger partial charge is 0.317 e. The third-order valence-electron chi connectivity index (χ3n) is 8.14. The zero-order chi connectivity index (χ0) is 18.2. The van der Waals surface area contributed by atoms with E-state index in [4.69, 9.17) is 0 Å². The smallest absolute Gasteiger partial charge is 0.0216 e. The van der Waals surface area contributed by atoms with E-state index in [1.165, 1.54) is 38.6 Å². The van der Waals surface area contributed by atoms with E-state index < -0.39 is 0 Å². The third kappa shape index (κ3) is 4.43. The lowest BCUT2D eigenvalue weighted by atomic mass is 9.96. The molecule has 0 bridgehead atoms. The first kappa shape index (κ1) is 19.7. The van der Waals surface area contributed by atoms with E-state index >= 15 is 0 Å². The van der Waals surface area contributed by atoms with Gasteiger partial charge in [0.2, 0.25) is 0 Å². The van der Waals surface area contributed by atoms with Gasteiger partial charge in [-0.2, -0.15) is 0 Å². The number of rotatable bonds is 12. The summed E-state index contributed by atoms with van der Waals surface area (Å²) in [6.07, 6.45) is 10.1. The van der Waals surface area contributed by atoms with Crippen molar-refractivity contribution >= 4 is 0 Å². The summed E-state index contributed by atoms with van der Waals surface area (Å²) in [4.78, 5) is 2.76.